The van der Waals surface area contributed by atoms with Crippen molar-refractivity contribution in [1.82, 2.24) is 14.3 Å². The quantitative estimate of drug-likeness (QED) is 0.849. The van der Waals surface area contributed by atoms with E-state index in [9.17, 15) is 0 Å². The minimum atomic E-state index is 0.765. The van der Waals surface area contributed by atoms with Gasteiger partial charge in [0, 0.05) is 31.5 Å². The average Bonchev–Trinajstić information content (AvgIpc) is 2.94. The molecule has 0 amide bonds. The molecule has 4 heteroatoms. The van der Waals surface area contributed by atoms with Crippen LogP contribution in [0.15, 0.2) is 30.6 Å². The van der Waals surface area contributed by atoms with Crippen molar-refractivity contribution >= 4 is 11.5 Å². The highest BCUT2D eigenvalue weighted by Gasteiger charge is 2.16. The van der Waals surface area contributed by atoms with Gasteiger partial charge in [-0.05, 0) is 44.9 Å². The molecule has 0 saturated carbocycles. The Balaban J connectivity index is 1.49. The average molecular weight is 272 g/mol. The normalized spacial score (nSPS) is 20.4. The number of fused-ring (bicyclic) bond motifs is 1. The predicted octanol–water partition coefficient (Wildman–Crippen LogP) is 3.01. The molecule has 0 bridgehead atoms. The van der Waals surface area contributed by atoms with E-state index in [1.165, 1.54) is 38.8 Å². The molecule has 4 nitrogen and oxygen atoms in total. The third kappa shape index (κ3) is 2.96. The first-order valence-electron chi connectivity index (χ1n) is 7.74. The molecule has 1 aliphatic heterocycles. The summed E-state index contributed by atoms with van der Waals surface area (Å²) >= 11 is 0. The third-order valence-electron chi connectivity index (χ3n) is 4.30. The lowest BCUT2D eigenvalue weighted by molar-refractivity contribution is 0.160. The molecule has 1 unspecified atom stereocenters. The van der Waals surface area contributed by atoms with E-state index >= 15 is 0 Å². The summed E-state index contributed by atoms with van der Waals surface area (Å²) in [5.41, 5.74) is 1.000. The summed E-state index contributed by atoms with van der Waals surface area (Å²) in [5, 5.41) is 3.52. The van der Waals surface area contributed by atoms with E-state index in [-0.39, 0.29) is 0 Å². The van der Waals surface area contributed by atoms with E-state index in [1.54, 1.807) is 0 Å². The van der Waals surface area contributed by atoms with Gasteiger partial charge in [0.2, 0.25) is 0 Å². The second-order valence-electron chi connectivity index (χ2n) is 5.73. The van der Waals surface area contributed by atoms with Crippen molar-refractivity contribution in [3.63, 3.8) is 0 Å². The van der Waals surface area contributed by atoms with Gasteiger partial charge in [-0.1, -0.05) is 12.5 Å². The summed E-state index contributed by atoms with van der Waals surface area (Å²) in [5.74, 6) is 1.13. The minimum absolute atomic E-state index is 0.765. The molecule has 1 saturated heterocycles. The van der Waals surface area contributed by atoms with Crippen molar-refractivity contribution in [2.24, 2.45) is 0 Å². The zero-order valence-corrected chi connectivity index (χ0v) is 12.3. The maximum Gasteiger partial charge on any atom is 0.138 e. The fourth-order valence-corrected chi connectivity index (χ4v) is 3.08. The summed E-state index contributed by atoms with van der Waals surface area (Å²) in [6, 6.07) is 6.96. The predicted molar refractivity (Wildman–Crippen MR) is 83.2 cm³/mol. The van der Waals surface area contributed by atoms with Gasteiger partial charge >= 0.3 is 0 Å². The number of hydrogen-bond donors (Lipinski definition) is 1. The molecule has 0 radical (unpaired) electrons. The Hall–Kier alpha value is -1.55. The van der Waals surface area contributed by atoms with Crippen LogP contribution >= 0.6 is 0 Å². The summed E-state index contributed by atoms with van der Waals surface area (Å²) in [4.78, 5) is 6.93. The first kappa shape index (κ1) is 13.4. The Morgan fingerprint density at radius 1 is 1.35 bits per heavy atom. The van der Waals surface area contributed by atoms with Gasteiger partial charge in [0.1, 0.15) is 11.5 Å². The van der Waals surface area contributed by atoms with Gasteiger partial charge in [0.15, 0.2) is 0 Å². The van der Waals surface area contributed by atoms with Gasteiger partial charge in [0.25, 0.3) is 0 Å². The number of anilines is 1. The molecule has 3 heterocycles. The molecule has 108 valence electrons. The van der Waals surface area contributed by atoms with Crippen molar-refractivity contribution in [2.75, 3.05) is 25.0 Å². The zero-order chi connectivity index (χ0) is 13.8. The molecule has 0 spiro atoms. The van der Waals surface area contributed by atoms with Gasteiger partial charge in [-0.2, -0.15) is 0 Å². The van der Waals surface area contributed by atoms with Crippen LogP contribution in [0.3, 0.4) is 0 Å². The van der Waals surface area contributed by atoms with E-state index < -0.39 is 0 Å². The fourth-order valence-electron chi connectivity index (χ4n) is 3.08. The molecule has 20 heavy (non-hydrogen) atoms. The number of aromatic nitrogens is 2. The monoisotopic (exact) mass is 272 g/mol. The van der Waals surface area contributed by atoms with Crippen LogP contribution in [0.4, 0.5) is 5.82 Å². The second kappa shape index (κ2) is 6.27. The van der Waals surface area contributed by atoms with Gasteiger partial charge in [-0.3, -0.25) is 4.40 Å². The van der Waals surface area contributed by atoms with Gasteiger partial charge in [-0.15, -0.1) is 0 Å². The van der Waals surface area contributed by atoms with Crippen LogP contribution in [-0.4, -0.2) is 40.0 Å². The Morgan fingerprint density at radius 3 is 3.20 bits per heavy atom. The summed E-state index contributed by atoms with van der Waals surface area (Å²) in [7, 11) is 0. The molecule has 1 atom stereocenters. The van der Waals surface area contributed by atoms with E-state index in [0.29, 0.717) is 0 Å². The number of pyridine rings is 1. The smallest absolute Gasteiger partial charge is 0.138 e. The SMILES string of the molecule is CC1CCCCN1CCCNc1cccc2nccn12. The summed E-state index contributed by atoms with van der Waals surface area (Å²) in [6.45, 7) is 5.85. The number of rotatable bonds is 5. The number of nitrogens with one attached hydrogen (secondary N) is 1. The number of piperidine rings is 1. The Bertz CT molecular complexity index is 548. The van der Waals surface area contributed by atoms with Crippen molar-refractivity contribution in [3.8, 4) is 0 Å². The highest BCUT2D eigenvalue weighted by atomic mass is 15.2. The van der Waals surface area contributed by atoms with Gasteiger partial charge in [-0.25, -0.2) is 4.98 Å². The van der Waals surface area contributed by atoms with Crippen molar-refractivity contribution in [1.29, 1.82) is 0 Å². The Kier molecular flexibility index (Phi) is 4.21. The first-order chi connectivity index (χ1) is 9.84. The molecule has 1 N–H and O–H groups in total. The van der Waals surface area contributed by atoms with Gasteiger partial charge in [0.05, 0.1) is 0 Å². The molecule has 0 aliphatic carbocycles. The van der Waals surface area contributed by atoms with Crippen molar-refractivity contribution in [3.05, 3.63) is 30.6 Å². The maximum absolute atomic E-state index is 4.31. The molecule has 3 rings (SSSR count). The lowest BCUT2D eigenvalue weighted by atomic mass is 10.0. The highest BCUT2D eigenvalue weighted by Crippen LogP contribution is 2.16. The van der Waals surface area contributed by atoms with Crippen LogP contribution in [0.5, 0.6) is 0 Å². The Morgan fingerprint density at radius 2 is 2.30 bits per heavy atom. The fraction of sp³-hybridized carbons (Fsp3) is 0.562. The third-order valence-corrected chi connectivity index (χ3v) is 4.30. The lowest BCUT2D eigenvalue weighted by Crippen LogP contribution is -2.38. The maximum atomic E-state index is 4.31. The number of likely N-dealkylation sites (tertiary alicyclic amines) is 1. The lowest BCUT2D eigenvalue weighted by Gasteiger charge is -2.33. The molecule has 1 fully saturated rings. The second-order valence-corrected chi connectivity index (χ2v) is 5.73. The number of nitrogens with zero attached hydrogens (tertiary/aromatic N) is 3. The summed E-state index contributed by atoms with van der Waals surface area (Å²) < 4.78 is 2.10. The molecule has 1 aliphatic rings. The first-order valence-corrected chi connectivity index (χ1v) is 7.74. The topological polar surface area (TPSA) is 32.6 Å². The minimum Gasteiger partial charge on any atom is -0.371 e. The van der Waals surface area contributed by atoms with Gasteiger partial charge < -0.3 is 10.2 Å². The van der Waals surface area contributed by atoms with Crippen molar-refractivity contribution in [2.45, 2.75) is 38.6 Å². The van der Waals surface area contributed by atoms with Crippen LogP contribution in [0, 0.1) is 0 Å². The van der Waals surface area contributed by atoms with E-state index in [4.69, 9.17) is 0 Å². The van der Waals surface area contributed by atoms with E-state index in [0.717, 1.165) is 24.1 Å². The molecule has 2 aromatic heterocycles. The van der Waals surface area contributed by atoms with Crippen molar-refractivity contribution < 1.29 is 0 Å². The molecular formula is C16H24N4. The highest BCUT2D eigenvalue weighted by molar-refractivity contribution is 5.49. The van der Waals surface area contributed by atoms with Crippen LogP contribution < -0.4 is 5.32 Å². The van der Waals surface area contributed by atoms with Crippen LogP contribution in [0.2, 0.25) is 0 Å². The number of hydrogen-bond acceptors (Lipinski definition) is 3. The number of imidazole rings is 1. The standard InChI is InChI=1S/C16H24N4/c1-14-6-2-3-11-19(14)12-5-9-17-15-7-4-8-16-18-10-13-20(15)16/h4,7-8,10,13-14,17H,2-3,5-6,9,11-12H2,1H3. The summed E-state index contributed by atoms with van der Waals surface area (Å²) in [6.07, 6.45) is 9.17. The molecule has 2 aromatic rings. The van der Waals surface area contributed by atoms with Crippen LogP contribution in [0.1, 0.15) is 32.6 Å². The van der Waals surface area contributed by atoms with E-state index in [1.807, 2.05) is 18.5 Å². The molecule has 0 aromatic carbocycles. The van der Waals surface area contributed by atoms with Crippen LogP contribution in [0.25, 0.3) is 5.65 Å². The zero-order valence-electron chi connectivity index (χ0n) is 12.3. The molecular weight excluding hydrogens is 248 g/mol. The van der Waals surface area contributed by atoms with Crippen LogP contribution in [-0.2, 0) is 0 Å². The largest absolute Gasteiger partial charge is 0.371 e. The van der Waals surface area contributed by atoms with E-state index in [2.05, 4.69) is 38.7 Å². The Labute approximate surface area is 120 Å².